The number of nitrogens with one attached hydrogen (secondary N) is 1. The van der Waals surface area contributed by atoms with Crippen molar-refractivity contribution in [2.75, 3.05) is 5.32 Å². The van der Waals surface area contributed by atoms with Crippen molar-refractivity contribution >= 4 is 17.6 Å². The number of hydrogen-bond donors (Lipinski definition) is 2. The van der Waals surface area contributed by atoms with E-state index >= 15 is 0 Å². The van der Waals surface area contributed by atoms with Gasteiger partial charge in [-0.05, 0) is 31.4 Å². The summed E-state index contributed by atoms with van der Waals surface area (Å²) >= 11 is 0. The number of carboxylic acids is 1. The Morgan fingerprint density at radius 1 is 1.33 bits per heavy atom. The van der Waals surface area contributed by atoms with Gasteiger partial charge in [0, 0.05) is 6.42 Å². The average molecular weight is 249 g/mol. The van der Waals surface area contributed by atoms with Crippen LogP contribution in [0.2, 0.25) is 0 Å². The number of anilines is 1. The number of aromatic carboxylic acids is 1. The number of hydrogen-bond acceptors (Lipinski definition) is 2. The number of rotatable bonds is 5. The molecular weight excluding hydrogens is 230 g/mol. The maximum atomic E-state index is 11.7. The van der Waals surface area contributed by atoms with E-state index in [-0.39, 0.29) is 11.5 Å². The molecular formula is C14H19NO3. The van der Waals surface area contributed by atoms with Gasteiger partial charge in [-0.1, -0.05) is 25.5 Å². The molecule has 0 fully saturated rings. The van der Waals surface area contributed by atoms with Crippen LogP contribution in [0.1, 0.15) is 42.6 Å². The van der Waals surface area contributed by atoms with Crippen molar-refractivity contribution in [1.82, 2.24) is 0 Å². The van der Waals surface area contributed by atoms with Gasteiger partial charge in [0.05, 0.1) is 11.3 Å². The minimum atomic E-state index is -1.03. The molecule has 0 saturated carbocycles. The summed E-state index contributed by atoms with van der Waals surface area (Å²) in [7, 11) is 0. The lowest BCUT2D eigenvalue weighted by atomic mass is 10.1. The average Bonchev–Trinajstić information content (AvgIpc) is 2.28. The lowest BCUT2D eigenvalue weighted by molar-refractivity contribution is -0.116. The maximum absolute atomic E-state index is 11.7. The number of aryl methyl sites for hydroxylation is 1. The first-order valence-electron chi connectivity index (χ1n) is 6.04. The topological polar surface area (TPSA) is 66.4 Å². The molecule has 98 valence electrons. The Bertz CT molecular complexity index is 452. The fourth-order valence-electron chi connectivity index (χ4n) is 1.58. The lowest BCUT2D eigenvalue weighted by Gasteiger charge is -2.10. The van der Waals surface area contributed by atoms with Crippen molar-refractivity contribution in [2.45, 2.75) is 33.6 Å². The van der Waals surface area contributed by atoms with E-state index in [0.717, 1.165) is 12.0 Å². The van der Waals surface area contributed by atoms with Crippen LogP contribution in [-0.2, 0) is 4.79 Å². The van der Waals surface area contributed by atoms with E-state index in [2.05, 4.69) is 5.32 Å². The van der Waals surface area contributed by atoms with Crippen LogP contribution >= 0.6 is 0 Å². The minimum absolute atomic E-state index is 0.132. The van der Waals surface area contributed by atoms with Gasteiger partial charge >= 0.3 is 5.97 Å². The Kier molecular flexibility index (Phi) is 4.89. The fourth-order valence-corrected chi connectivity index (χ4v) is 1.58. The molecule has 0 bridgehead atoms. The number of benzene rings is 1. The van der Waals surface area contributed by atoms with Crippen molar-refractivity contribution in [2.24, 2.45) is 5.92 Å². The molecule has 2 N–H and O–H groups in total. The summed E-state index contributed by atoms with van der Waals surface area (Å²) in [4.78, 5) is 22.7. The molecule has 0 heterocycles. The third-order valence-electron chi connectivity index (χ3n) is 2.63. The number of carboxylic acid groups (broad SMARTS) is 1. The Hall–Kier alpha value is -1.84. The fraction of sp³-hybridized carbons (Fsp3) is 0.429. The quantitative estimate of drug-likeness (QED) is 0.842. The third kappa shape index (κ3) is 4.20. The highest BCUT2D eigenvalue weighted by molar-refractivity contribution is 6.00. The first kappa shape index (κ1) is 14.2. The van der Waals surface area contributed by atoms with Crippen LogP contribution < -0.4 is 5.32 Å². The molecule has 1 aromatic rings. The van der Waals surface area contributed by atoms with Gasteiger partial charge in [-0.15, -0.1) is 0 Å². The summed E-state index contributed by atoms with van der Waals surface area (Å²) in [5, 5.41) is 11.7. The second-order valence-electron chi connectivity index (χ2n) is 4.83. The zero-order valence-electron chi connectivity index (χ0n) is 11.0. The van der Waals surface area contributed by atoms with Gasteiger partial charge in [-0.2, -0.15) is 0 Å². The van der Waals surface area contributed by atoms with E-state index < -0.39 is 5.97 Å². The monoisotopic (exact) mass is 249 g/mol. The van der Waals surface area contributed by atoms with E-state index in [1.165, 1.54) is 0 Å². The van der Waals surface area contributed by atoms with Crippen LogP contribution in [0.4, 0.5) is 5.69 Å². The van der Waals surface area contributed by atoms with Gasteiger partial charge in [-0.25, -0.2) is 4.79 Å². The van der Waals surface area contributed by atoms with Crippen molar-refractivity contribution in [3.63, 3.8) is 0 Å². The van der Waals surface area contributed by atoms with Crippen LogP contribution in [-0.4, -0.2) is 17.0 Å². The summed E-state index contributed by atoms with van der Waals surface area (Å²) in [6, 6.07) is 4.97. The highest BCUT2D eigenvalue weighted by Crippen LogP contribution is 2.18. The number of carbonyl (C=O) groups is 2. The van der Waals surface area contributed by atoms with Crippen LogP contribution in [0.25, 0.3) is 0 Å². The van der Waals surface area contributed by atoms with Crippen LogP contribution in [0.3, 0.4) is 0 Å². The van der Waals surface area contributed by atoms with Gasteiger partial charge in [0.2, 0.25) is 5.91 Å². The summed E-state index contributed by atoms with van der Waals surface area (Å²) in [6.07, 6.45) is 1.20. The zero-order valence-corrected chi connectivity index (χ0v) is 11.0. The molecule has 0 saturated heterocycles. The predicted molar refractivity (Wildman–Crippen MR) is 70.8 cm³/mol. The predicted octanol–water partition coefficient (Wildman–Crippen LogP) is 3.07. The van der Waals surface area contributed by atoms with E-state index in [9.17, 15) is 9.59 Å². The molecule has 1 amide bonds. The first-order valence-corrected chi connectivity index (χ1v) is 6.04. The first-order chi connectivity index (χ1) is 8.40. The number of carbonyl (C=O) groups excluding carboxylic acids is 1. The summed E-state index contributed by atoms with van der Waals surface area (Å²) in [5.74, 6) is -0.722. The van der Waals surface area contributed by atoms with E-state index in [1.54, 1.807) is 18.2 Å². The van der Waals surface area contributed by atoms with Gasteiger partial charge in [0.15, 0.2) is 0 Å². The molecule has 4 heteroatoms. The van der Waals surface area contributed by atoms with E-state index in [4.69, 9.17) is 5.11 Å². The molecule has 4 nitrogen and oxygen atoms in total. The molecule has 0 radical (unpaired) electrons. The Labute approximate surface area is 107 Å². The lowest BCUT2D eigenvalue weighted by Crippen LogP contribution is -2.15. The Balaban J connectivity index is 2.78. The summed E-state index contributed by atoms with van der Waals surface area (Å²) in [5.41, 5.74) is 1.35. The normalized spacial score (nSPS) is 10.4. The second-order valence-corrected chi connectivity index (χ2v) is 4.83. The molecule has 0 aliphatic rings. The highest BCUT2D eigenvalue weighted by atomic mass is 16.4. The smallest absolute Gasteiger partial charge is 0.337 e. The SMILES string of the molecule is Cc1ccc(NC(=O)CCC(C)C)c(C(=O)O)c1. The molecule has 0 aliphatic heterocycles. The summed E-state index contributed by atoms with van der Waals surface area (Å²) in [6.45, 7) is 5.90. The molecule has 0 spiro atoms. The maximum Gasteiger partial charge on any atom is 0.337 e. The van der Waals surface area contributed by atoms with E-state index in [0.29, 0.717) is 18.0 Å². The van der Waals surface area contributed by atoms with Crippen molar-refractivity contribution in [1.29, 1.82) is 0 Å². The van der Waals surface area contributed by atoms with E-state index in [1.807, 2.05) is 20.8 Å². The Morgan fingerprint density at radius 2 is 2.00 bits per heavy atom. The zero-order chi connectivity index (χ0) is 13.7. The van der Waals surface area contributed by atoms with Crippen LogP contribution in [0.15, 0.2) is 18.2 Å². The molecule has 0 aromatic heterocycles. The molecule has 1 rings (SSSR count). The van der Waals surface area contributed by atoms with Crippen molar-refractivity contribution in [3.8, 4) is 0 Å². The largest absolute Gasteiger partial charge is 0.478 e. The molecule has 0 aliphatic carbocycles. The Morgan fingerprint density at radius 3 is 2.56 bits per heavy atom. The molecule has 1 aromatic carbocycles. The van der Waals surface area contributed by atoms with Crippen LogP contribution in [0.5, 0.6) is 0 Å². The van der Waals surface area contributed by atoms with Gasteiger partial charge in [0.1, 0.15) is 0 Å². The van der Waals surface area contributed by atoms with Crippen molar-refractivity contribution in [3.05, 3.63) is 29.3 Å². The second kappa shape index (κ2) is 6.19. The van der Waals surface area contributed by atoms with Crippen LogP contribution in [0, 0.1) is 12.8 Å². The highest BCUT2D eigenvalue weighted by Gasteiger charge is 2.12. The third-order valence-corrected chi connectivity index (χ3v) is 2.63. The minimum Gasteiger partial charge on any atom is -0.478 e. The standard InChI is InChI=1S/C14H19NO3/c1-9(2)4-7-13(16)15-12-6-5-10(3)8-11(12)14(17)18/h5-6,8-9H,4,7H2,1-3H3,(H,15,16)(H,17,18). The van der Waals surface area contributed by atoms with Gasteiger partial charge in [-0.3, -0.25) is 4.79 Å². The van der Waals surface area contributed by atoms with Gasteiger partial charge in [0.25, 0.3) is 0 Å². The number of amides is 1. The summed E-state index contributed by atoms with van der Waals surface area (Å²) < 4.78 is 0. The molecule has 0 unspecified atom stereocenters. The molecule has 18 heavy (non-hydrogen) atoms. The van der Waals surface area contributed by atoms with Gasteiger partial charge < -0.3 is 10.4 Å². The van der Waals surface area contributed by atoms with Crippen molar-refractivity contribution < 1.29 is 14.7 Å². The molecule has 0 atom stereocenters.